The summed E-state index contributed by atoms with van der Waals surface area (Å²) in [6, 6.07) is 39.7. The predicted molar refractivity (Wildman–Crippen MR) is 331 cm³/mol. The highest BCUT2D eigenvalue weighted by Crippen LogP contribution is 2.39. The van der Waals surface area contributed by atoms with Gasteiger partial charge in [0.25, 0.3) is 22.2 Å². The molecule has 4 aromatic heterocycles. The summed E-state index contributed by atoms with van der Waals surface area (Å²) < 4.78 is 140. The van der Waals surface area contributed by atoms with E-state index >= 15 is 0 Å². The predicted octanol–water partition coefficient (Wildman–Crippen LogP) is 16.3. The van der Waals surface area contributed by atoms with E-state index in [1.807, 2.05) is 6.07 Å². The Balaban J connectivity index is 0.000000145. The van der Waals surface area contributed by atoms with Crippen LogP contribution in [0.5, 0.6) is 0 Å². The molecule has 92 heavy (non-hydrogen) atoms. The highest BCUT2D eigenvalue weighted by molar-refractivity contribution is 6.31. The van der Waals surface area contributed by atoms with Crippen LogP contribution in [0.25, 0.3) is 89.0 Å². The second kappa shape index (κ2) is 28.3. The molecule has 24 heteroatoms. The largest absolute Gasteiger partial charge is 0.272 e. The number of benzene rings is 8. The highest BCUT2D eigenvalue weighted by atomic mass is 35.5. The van der Waals surface area contributed by atoms with E-state index < -0.39 is 91.5 Å². The van der Waals surface area contributed by atoms with Crippen LogP contribution in [0.1, 0.15) is 22.8 Å². The fourth-order valence-electron chi connectivity index (χ4n) is 10.0. The molecule has 8 aromatic carbocycles. The second-order valence-corrected chi connectivity index (χ2v) is 20.9. The van der Waals surface area contributed by atoms with Crippen molar-refractivity contribution in [3.05, 3.63) is 302 Å². The van der Waals surface area contributed by atoms with Crippen molar-refractivity contribution in [2.45, 2.75) is 27.7 Å². The van der Waals surface area contributed by atoms with Crippen molar-refractivity contribution in [3.8, 4) is 89.0 Å². The molecule has 12 nitrogen and oxygen atoms in total. The van der Waals surface area contributed by atoms with Gasteiger partial charge >= 0.3 is 0 Å². The Morgan fingerprint density at radius 2 is 0.478 bits per heavy atom. The summed E-state index contributed by atoms with van der Waals surface area (Å²) in [5.74, 6) is -9.92. The van der Waals surface area contributed by atoms with Crippen LogP contribution in [0.15, 0.2) is 189 Å². The third-order valence-electron chi connectivity index (χ3n) is 14.0. The summed E-state index contributed by atoms with van der Waals surface area (Å²) >= 11 is 11.7. The Bertz CT molecular complexity index is 4910. The second-order valence-electron chi connectivity index (χ2n) is 20.0. The number of hydrogen-bond acceptors (Lipinski definition) is 8. The lowest BCUT2D eigenvalue weighted by Crippen LogP contribution is -2.16. The average Bonchev–Trinajstić information content (AvgIpc) is 0.812. The Labute approximate surface area is 524 Å². The van der Waals surface area contributed by atoms with Gasteiger partial charge in [0, 0.05) is 56.6 Å². The van der Waals surface area contributed by atoms with E-state index in [9.17, 15) is 63.1 Å². The van der Waals surface area contributed by atoms with Crippen molar-refractivity contribution in [3.63, 3.8) is 0 Å². The quantitative estimate of drug-likeness (QED) is 0.108. The normalized spacial score (nSPS) is 10.8. The third kappa shape index (κ3) is 14.1. The first-order valence-corrected chi connectivity index (χ1v) is 27.9. The van der Waals surface area contributed by atoms with Gasteiger partial charge in [-0.1, -0.05) is 120 Å². The van der Waals surface area contributed by atoms with Gasteiger partial charge in [0.1, 0.15) is 58.2 Å². The molecule has 12 rings (SSSR count). The number of nitrogens with one attached hydrogen (secondary N) is 4. The lowest BCUT2D eigenvalue weighted by Gasteiger charge is -2.13. The first-order chi connectivity index (χ1) is 43.9. The van der Waals surface area contributed by atoms with Crippen LogP contribution in [0.4, 0.5) is 43.9 Å². The van der Waals surface area contributed by atoms with Gasteiger partial charge in [-0.3, -0.25) is 19.2 Å². The maximum atomic E-state index is 14.2. The van der Waals surface area contributed by atoms with Gasteiger partial charge in [0.05, 0.1) is 67.3 Å². The summed E-state index contributed by atoms with van der Waals surface area (Å²) in [5, 5.41) is 25.5. The smallest absolute Gasteiger partial charge is 0.267 e. The number of nitrogens with zero attached hydrogens (tertiary/aromatic N) is 4. The Hall–Kier alpha value is -10.8. The number of aromatic amines is 4. The molecule has 0 saturated heterocycles. The first kappa shape index (κ1) is 65.6. The van der Waals surface area contributed by atoms with Gasteiger partial charge in [-0.15, -0.1) is 0 Å². The Kier molecular flexibility index (Phi) is 20.2. The molecule has 12 aromatic rings. The minimum Gasteiger partial charge on any atom is -0.267 e. The molecule has 0 fully saturated rings. The lowest BCUT2D eigenvalue weighted by molar-refractivity contribution is 0.546. The molecule has 4 heterocycles. The monoisotopic (exact) mass is 1300 g/mol. The summed E-state index contributed by atoms with van der Waals surface area (Å²) in [6.07, 6.45) is 0. The van der Waals surface area contributed by atoms with Gasteiger partial charge in [-0.05, 0) is 98.5 Å². The minimum absolute atomic E-state index is 0.0469. The van der Waals surface area contributed by atoms with Crippen LogP contribution in [0.2, 0.25) is 10.0 Å². The van der Waals surface area contributed by atoms with Gasteiger partial charge in [-0.2, -0.15) is 20.4 Å². The molecule has 0 bridgehead atoms. The number of halogens is 12. The molecule has 0 amide bonds. The van der Waals surface area contributed by atoms with Gasteiger partial charge < -0.3 is 0 Å². The molecule has 0 aliphatic carbocycles. The summed E-state index contributed by atoms with van der Waals surface area (Å²) in [5.41, 5.74) is 0.102. The number of hydrogen-bond donors (Lipinski definition) is 4. The number of H-pyrrole nitrogens is 4. The molecule has 0 aliphatic rings. The maximum absolute atomic E-state index is 14.2. The molecule has 0 spiro atoms. The van der Waals surface area contributed by atoms with Crippen LogP contribution in [-0.2, 0) is 0 Å². The summed E-state index contributed by atoms with van der Waals surface area (Å²) in [7, 11) is 0. The average molecular weight is 1300 g/mol. The first-order valence-electron chi connectivity index (χ1n) is 27.1. The lowest BCUT2D eigenvalue weighted by atomic mass is 9.94. The van der Waals surface area contributed by atoms with E-state index in [2.05, 4.69) is 40.8 Å². The fourth-order valence-corrected chi connectivity index (χ4v) is 10.3. The van der Waals surface area contributed by atoms with Gasteiger partial charge in [0.15, 0.2) is 0 Å². The Morgan fingerprint density at radius 3 is 0.717 bits per heavy atom. The number of rotatable bonds is 8. The van der Waals surface area contributed by atoms with E-state index in [1.54, 1.807) is 131 Å². The zero-order valence-electron chi connectivity index (χ0n) is 48.1. The molecule has 0 unspecified atom stereocenters. The molecule has 0 aliphatic heterocycles. The van der Waals surface area contributed by atoms with Crippen LogP contribution < -0.4 is 22.2 Å². The third-order valence-corrected chi connectivity index (χ3v) is 14.5. The summed E-state index contributed by atoms with van der Waals surface area (Å²) in [4.78, 5) is 48.9. The maximum Gasteiger partial charge on any atom is 0.272 e. The zero-order valence-corrected chi connectivity index (χ0v) is 49.6. The zero-order chi connectivity index (χ0) is 66.2. The molecule has 0 saturated carbocycles. The number of aryl methyl sites for hydroxylation is 4. The molecular weight excluding hydrogens is 1250 g/mol. The summed E-state index contributed by atoms with van der Waals surface area (Å²) in [6.45, 7) is 6.53. The number of aromatic nitrogens is 8. The SMILES string of the molecule is Cc1n[nH]c(=O)c(-c2c(F)cc(F)cc2F)c1-c1ccc(Cl)cc1.Cc1n[nH]c(=O)c(-c2c(F)cc(F)cc2F)c1-c1ccccc1.Cc1n[nH]c(=O)c(-c2c(F)cccc2F)c1-c1ccc(Cl)cc1.Cc1n[nH]c(=O)c(-c2c(F)cccc2F)c1-c1ccccc1. The van der Waals surface area contributed by atoms with Crippen molar-refractivity contribution < 1.29 is 43.9 Å². The van der Waals surface area contributed by atoms with E-state index in [1.165, 1.54) is 12.1 Å². The molecule has 0 radical (unpaired) electrons. The van der Waals surface area contributed by atoms with E-state index in [4.69, 9.17) is 23.2 Å². The molecular formula is C68H44Cl2F10N8O4. The van der Waals surface area contributed by atoms with Crippen molar-refractivity contribution >= 4 is 23.2 Å². The topological polar surface area (TPSA) is 183 Å². The highest BCUT2D eigenvalue weighted by Gasteiger charge is 2.27. The molecule has 0 atom stereocenters. The van der Waals surface area contributed by atoms with E-state index in [-0.39, 0.29) is 38.9 Å². The van der Waals surface area contributed by atoms with Crippen LogP contribution in [-0.4, -0.2) is 40.8 Å². The van der Waals surface area contributed by atoms with Crippen molar-refractivity contribution in [1.82, 2.24) is 40.8 Å². The van der Waals surface area contributed by atoms with Gasteiger partial charge in [-0.25, -0.2) is 64.3 Å². The van der Waals surface area contributed by atoms with Crippen LogP contribution >= 0.6 is 23.2 Å². The molecule has 464 valence electrons. The van der Waals surface area contributed by atoms with Crippen molar-refractivity contribution in [1.29, 1.82) is 0 Å². The fraction of sp³-hybridized carbons (Fsp3) is 0.0588. The van der Waals surface area contributed by atoms with E-state index in [0.29, 0.717) is 96.0 Å². The minimum atomic E-state index is -1.17. The van der Waals surface area contributed by atoms with Crippen molar-refractivity contribution in [2.75, 3.05) is 0 Å². The van der Waals surface area contributed by atoms with Gasteiger partial charge in [0.2, 0.25) is 0 Å². The van der Waals surface area contributed by atoms with E-state index in [0.717, 1.165) is 24.3 Å². The van der Waals surface area contributed by atoms with Crippen LogP contribution in [0.3, 0.4) is 0 Å². The van der Waals surface area contributed by atoms with Crippen molar-refractivity contribution in [2.24, 2.45) is 0 Å². The Morgan fingerprint density at radius 1 is 0.261 bits per heavy atom. The van der Waals surface area contributed by atoms with Crippen LogP contribution in [0, 0.1) is 85.9 Å². The standard InChI is InChI=1S/C17H10ClF3N2O.C17H11ClF2N2O.C17H11F3N2O.C17H12F2N2O/c1-8-14(9-2-4-10(18)5-3-9)16(17(24)23-22-8)15-12(20)6-11(19)7-13(15)21;1-9-14(10-5-7-11(18)8-6-10)16(17(23)22-21-9)15-12(19)3-2-4-13(15)20;1-9-14(10-5-3-2-4-6-10)16(17(23)22-21-9)15-12(19)7-11(18)8-13(15)20;1-10-14(11-6-3-2-4-7-11)16(17(22)21-20-10)15-12(18)8-5-9-13(15)19/h2-7H,1H3,(H,23,24);2*2-8H,1H3,(H,22,23);2-9H,1H3,(H,21,22). The molecule has 4 N–H and O–H groups in total.